The van der Waals surface area contributed by atoms with Crippen LogP contribution >= 0.6 is 0 Å². The van der Waals surface area contributed by atoms with E-state index in [0.29, 0.717) is 22.6 Å². The van der Waals surface area contributed by atoms with Crippen molar-refractivity contribution < 1.29 is 28.7 Å². The molecule has 1 N–H and O–H groups in total. The normalized spacial score (nSPS) is 13.6. The first-order valence-electron chi connectivity index (χ1n) is 9.50. The molecular formula is C22H22N2O6. The summed E-state index contributed by atoms with van der Waals surface area (Å²) >= 11 is 0. The van der Waals surface area contributed by atoms with Crippen LogP contribution in [0.3, 0.4) is 0 Å². The van der Waals surface area contributed by atoms with Gasteiger partial charge in [0.25, 0.3) is 17.7 Å². The van der Waals surface area contributed by atoms with Gasteiger partial charge < -0.3 is 14.8 Å². The van der Waals surface area contributed by atoms with Crippen molar-refractivity contribution in [1.82, 2.24) is 4.90 Å². The van der Waals surface area contributed by atoms with E-state index in [0.717, 1.165) is 4.90 Å². The largest absolute Gasteiger partial charge is 0.497 e. The Balaban J connectivity index is 1.43. The molecule has 1 heterocycles. The lowest BCUT2D eigenvalue weighted by Crippen LogP contribution is -2.32. The molecule has 8 heteroatoms. The number of carbonyl (C=O) groups is 4. The van der Waals surface area contributed by atoms with E-state index in [-0.39, 0.29) is 31.2 Å². The van der Waals surface area contributed by atoms with Gasteiger partial charge in [-0.05, 0) is 49.7 Å². The van der Waals surface area contributed by atoms with Crippen LogP contribution < -0.4 is 10.1 Å². The van der Waals surface area contributed by atoms with Crippen LogP contribution in [0, 0.1) is 0 Å². The molecule has 1 aliphatic rings. The second-order valence-electron chi connectivity index (χ2n) is 6.76. The number of hydrogen-bond donors (Lipinski definition) is 1. The standard InChI is InChI=1S/C22H22N2O6/c1-14(20(26)23-15-9-11-16(29-2)12-10-15)30-19(25)8-5-13-24-21(27)17-6-3-4-7-18(17)22(24)28/h3-4,6-7,9-12,14H,5,8,13H2,1-2H3,(H,23,26). The quantitative estimate of drug-likeness (QED) is 0.530. The number of carbonyl (C=O) groups excluding carboxylic acids is 4. The number of hydrogen-bond acceptors (Lipinski definition) is 6. The number of anilines is 1. The highest BCUT2D eigenvalue weighted by molar-refractivity contribution is 6.21. The Morgan fingerprint density at radius 2 is 1.60 bits per heavy atom. The van der Waals surface area contributed by atoms with E-state index in [9.17, 15) is 19.2 Å². The molecule has 2 aromatic rings. The highest BCUT2D eigenvalue weighted by Gasteiger charge is 2.34. The minimum absolute atomic E-state index is 0.0203. The molecule has 0 fully saturated rings. The summed E-state index contributed by atoms with van der Waals surface area (Å²) < 4.78 is 10.2. The van der Waals surface area contributed by atoms with E-state index in [1.807, 2.05) is 0 Å². The highest BCUT2D eigenvalue weighted by Crippen LogP contribution is 2.22. The van der Waals surface area contributed by atoms with Crippen molar-refractivity contribution in [2.75, 3.05) is 19.0 Å². The number of fused-ring (bicyclic) bond motifs is 1. The molecule has 156 valence electrons. The molecule has 1 unspecified atom stereocenters. The van der Waals surface area contributed by atoms with Gasteiger partial charge in [-0.25, -0.2) is 0 Å². The molecule has 0 aliphatic carbocycles. The maximum absolute atomic E-state index is 12.3. The number of esters is 1. The molecule has 1 atom stereocenters. The summed E-state index contributed by atoms with van der Waals surface area (Å²) in [5, 5.41) is 2.65. The monoisotopic (exact) mass is 410 g/mol. The number of nitrogens with one attached hydrogen (secondary N) is 1. The fourth-order valence-electron chi connectivity index (χ4n) is 3.05. The molecule has 30 heavy (non-hydrogen) atoms. The molecule has 2 aromatic carbocycles. The molecule has 0 aromatic heterocycles. The van der Waals surface area contributed by atoms with E-state index in [4.69, 9.17) is 9.47 Å². The second-order valence-corrected chi connectivity index (χ2v) is 6.76. The van der Waals surface area contributed by atoms with Gasteiger partial charge in [-0.15, -0.1) is 0 Å². The van der Waals surface area contributed by atoms with Crippen molar-refractivity contribution in [2.24, 2.45) is 0 Å². The summed E-state index contributed by atoms with van der Waals surface area (Å²) in [4.78, 5) is 49.9. The average molecular weight is 410 g/mol. The third-order valence-corrected chi connectivity index (χ3v) is 4.68. The number of benzene rings is 2. The summed E-state index contributed by atoms with van der Waals surface area (Å²) in [5.41, 5.74) is 1.29. The van der Waals surface area contributed by atoms with Gasteiger partial charge in [0.15, 0.2) is 6.10 Å². The highest BCUT2D eigenvalue weighted by atomic mass is 16.5. The zero-order valence-electron chi connectivity index (χ0n) is 16.7. The van der Waals surface area contributed by atoms with Crippen molar-refractivity contribution in [3.63, 3.8) is 0 Å². The van der Waals surface area contributed by atoms with Crippen molar-refractivity contribution in [3.8, 4) is 5.75 Å². The second kappa shape index (κ2) is 9.21. The van der Waals surface area contributed by atoms with Crippen molar-refractivity contribution in [1.29, 1.82) is 0 Å². The first-order valence-corrected chi connectivity index (χ1v) is 9.50. The van der Waals surface area contributed by atoms with Crippen LogP contribution in [-0.4, -0.2) is 48.3 Å². The lowest BCUT2D eigenvalue weighted by Gasteiger charge is -2.15. The number of methoxy groups -OCH3 is 1. The van der Waals surface area contributed by atoms with Crippen molar-refractivity contribution >= 4 is 29.4 Å². The Hall–Kier alpha value is -3.68. The average Bonchev–Trinajstić information content (AvgIpc) is 2.99. The van der Waals surface area contributed by atoms with E-state index in [2.05, 4.69) is 5.32 Å². The zero-order valence-corrected chi connectivity index (χ0v) is 16.7. The molecule has 0 bridgehead atoms. The maximum atomic E-state index is 12.3. The molecule has 0 saturated carbocycles. The predicted molar refractivity (Wildman–Crippen MR) is 108 cm³/mol. The predicted octanol–water partition coefficient (Wildman–Crippen LogP) is 2.64. The molecule has 0 radical (unpaired) electrons. The fraction of sp³-hybridized carbons (Fsp3) is 0.273. The number of nitrogens with zero attached hydrogens (tertiary/aromatic N) is 1. The van der Waals surface area contributed by atoms with E-state index in [1.165, 1.54) is 6.92 Å². The molecular weight excluding hydrogens is 388 g/mol. The summed E-state index contributed by atoms with van der Waals surface area (Å²) in [7, 11) is 1.55. The van der Waals surface area contributed by atoms with Crippen LogP contribution in [0.15, 0.2) is 48.5 Å². The van der Waals surface area contributed by atoms with Gasteiger partial charge >= 0.3 is 5.97 Å². The SMILES string of the molecule is COc1ccc(NC(=O)C(C)OC(=O)CCCN2C(=O)c3ccccc3C2=O)cc1. The van der Waals surface area contributed by atoms with Crippen molar-refractivity contribution in [2.45, 2.75) is 25.9 Å². The van der Waals surface area contributed by atoms with Gasteiger partial charge in [0, 0.05) is 18.7 Å². The van der Waals surface area contributed by atoms with Gasteiger partial charge in [0.05, 0.1) is 18.2 Å². The zero-order chi connectivity index (χ0) is 21.7. The smallest absolute Gasteiger partial charge is 0.306 e. The summed E-state index contributed by atoms with van der Waals surface area (Å²) in [5.74, 6) is -1.11. The Labute approximate surface area is 173 Å². The first kappa shape index (κ1) is 21.0. The summed E-state index contributed by atoms with van der Waals surface area (Å²) in [6.07, 6.45) is -0.760. The number of imide groups is 1. The lowest BCUT2D eigenvalue weighted by atomic mass is 10.1. The lowest BCUT2D eigenvalue weighted by molar-refractivity contribution is -0.153. The Kier molecular flexibility index (Phi) is 6.46. The number of ether oxygens (including phenoxy) is 2. The minimum Gasteiger partial charge on any atom is -0.497 e. The Morgan fingerprint density at radius 3 is 2.17 bits per heavy atom. The fourth-order valence-corrected chi connectivity index (χ4v) is 3.05. The van der Waals surface area contributed by atoms with Gasteiger partial charge in [0.1, 0.15) is 5.75 Å². The van der Waals surface area contributed by atoms with Gasteiger partial charge in [-0.1, -0.05) is 12.1 Å². The first-order chi connectivity index (χ1) is 14.4. The third-order valence-electron chi connectivity index (χ3n) is 4.68. The van der Waals surface area contributed by atoms with Crippen LogP contribution in [0.5, 0.6) is 5.75 Å². The number of rotatable bonds is 8. The maximum Gasteiger partial charge on any atom is 0.306 e. The van der Waals surface area contributed by atoms with Crippen LogP contribution in [0.25, 0.3) is 0 Å². The van der Waals surface area contributed by atoms with Gasteiger partial charge in [-0.3, -0.25) is 24.1 Å². The Morgan fingerprint density at radius 1 is 1.00 bits per heavy atom. The van der Waals surface area contributed by atoms with Gasteiger partial charge in [0.2, 0.25) is 0 Å². The van der Waals surface area contributed by atoms with E-state index < -0.39 is 18.0 Å². The molecule has 0 spiro atoms. The van der Waals surface area contributed by atoms with Crippen LogP contribution in [0.4, 0.5) is 5.69 Å². The van der Waals surface area contributed by atoms with Crippen LogP contribution in [0.1, 0.15) is 40.5 Å². The third kappa shape index (κ3) is 4.65. The van der Waals surface area contributed by atoms with Crippen LogP contribution in [-0.2, 0) is 14.3 Å². The molecule has 8 nitrogen and oxygen atoms in total. The molecule has 3 amide bonds. The molecule has 1 aliphatic heterocycles. The molecule has 0 saturated heterocycles. The van der Waals surface area contributed by atoms with E-state index >= 15 is 0 Å². The van der Waals surface area contributed by atoms with Gasteiger partial charge in [-0.2, -0.15) is 0 Å². The van der Waals surface area contributed by atoms with E-state index in [1.54, 1.807) is 55.6 Å². The van der Waals surface area contributed by atoms with Crippen LogP contribution in [0.2, 0.25) is 0 Å². The summed E-state index contributed by atoms with van der Waals surface area (Å²) in [6.45, 7) is 1.58. The van der Waals surface area contributed by atoms with Crippen molar-refractivity contribution in [3.05, 3.63) is 59.7 Å². The topological polar surface area (TPSA) is 102 Å². The summed E-state index contributed by atoms with van der Waals surface area (Å²) in [6, 6.07) is 13.4. The number of amides is 3. The minimum atomic E-state index is -0.987. The Bertz CT molecular complexity index is 935. The molecule has 3 rings (SSSR count).